The maximum atomic E-state index is 13.3. The normalized spacial score (nSPS) is 23.2. The number of fused-ring (bicyclic) bond motifs is 1. The Bertz CT molecular complexity index is 1270. The van der Waals surface area contributed by atoms with Crippen molar-refractivity contribution in [3.8, 4) is 5.75 Å². The first-order chi connectivity index (χ1) is 17.8. The van der Waals surface area contributed by atoms with Crippen LogP contribution in [-0.4, -0.2) is 77.0 Å². The summed E-state index contributed by atoms with van der Waals surface area (Å²) in [6.07, 6.45) is 1.28. The van der Waals surface area contributed by atoms with Gasteiger partial charge in [0.1, 0.15) is 17.6 Å². The molecule has 2 unspecified atom stereocenters. The van der Waals surface area contributed by atoms with Crippen molar-refractivity contribution in [1.29, 1.82) is 0 Å². The van der Waals surface area contributed by atoms with Gasteiger partial charge in [0, 0.05) is 50.3 Å². The van der Waals surface area contributed by atoms with Crippen LogP contribution in [0.2, 0.25) is 0 Å². The van der Waals surface area contributed by atoms with E-state index in [1.807, 2.05) is 6.92 Å². The zero-order valence-electron chi connectivity index (χ0n) is 20.6. The lowest BCUT2D eigenvalue weighted by molar-refractivity contribution is -0.384. The molecule has 2 saturated heterocycles. The van der Waals surface area contributed by atoms with Crippen LogP contribution in [0.5, 0.6) is 5.75 Å². The molecule has 3 aliphatic heterocycles. The molecular weight excluding hydrogens is 478 g/mol. The SMILES string of the molecule is CC1Cc2cc(C(O)=C3C(=O)C(=O)N(CCCN4CCOCC4)C3c3cccc([N+](=O)[O-])c3)ccc2O1. The maximum Gasteiger partial charge on any atom is 0.295 e. The van der Waals surface area contributed by atoms with Gasteiger partial charge < -0.3 is 19.5 Å². The zero-order valence-corrected chi connectivity index (χ0v) is 20.6. The number of hydrogen-bond donors (Lipinski definition) is 1. The predicted octanol–water partition coefficient (Wildman–Crippen LogP) is 3.06. The molecule has 3 heterocycles. The number of rotatable bonds is 7. The number of ether oxygens (including phenoxy) is 2. The fourth-order valence-corrected chi connectivity index (χ4v) is 5.28. The Hall–Kier alpha value is -3.76. The molecule has 2 aromatic carbocycles. The van der Waals surface area contributed by atoms with Gasteiger partial charge in [0.15, 0.2) is 0 Å². The summed E-state index contributed by atoms with van der Waals surface area (Å²) in [7, 11) is 0. The maximum absolute atomic E-state index is 13.3. The molecule has 1 amide bonds. The number of carbonyl (C=O) groups is 2. The van der Waals surface area contributed by atoms with Crippen molar-refractivity contribution < 1.29 is 29.1 Å². The second kappa shape index (κ2) is 10.3. The largest absolute Gasteiger partial charge is 0.507 e. The van der Waals surface area contributed by atoms with E-state index in [9.17, 15) is 24.8 Å². The molecule has 10 heteroatoms. The fraction of sp³-hybridized carbons (Fsp3) is 0.407. The van der Waals surface area contributed by atoms with E-state index in [1.165, 1.54) is 23.1 Å². The van der Waals surface area contributed by atoms with Crippen molar-refractivity contribution in [3.63, 3.8) is 0 Å². The number of morpholine rings is 1. The van der Waals surface area contributed by atoms with E-state index in [1.54, 1.807) is 24.3 Å². The Kier molecular flexibility index (Phi) is 6.94. The summed E-state index contributed by atoms with van der Waals surface area (Å²) in [6.45, 7) is 5.84. The van der Waals surface area contributed by atoms with Crippen molar-refractivity contribution in [3.05, 3.63) is 74.8 Å². The molecule has 1 N–H and O–H groups in total. The number of aliphatic hydroxyl groups is 1. The summed E-state index contributed by atoms with van der Waals surface area (Å²) in [6, 6.07) is 10.1. The van der Waals surface area contributed by atoms with Gasteiger partial charge in [0.25, 0.3) is 17.4 Å². The highest BCUT2D eigenvalue weighted by Gasteiger charge is 2.46. The van der Waals surface area contributed by atoms with E-state index < -0.39 is 22.7 Å². The van der Waals surface area contributed by atoms with E-state index >= 15 is 0 Å². The number of aliphatic hydroxyl groups excluding tert-OH is 1. The van der Waals surface area contributed by atoms with Crippen LogP contribution in [-0.2, 0) is 20.7 Å². The summed E-state index contributed by atoms with van der Waals surface area (Å²) < 4.78 is 11.1. The lowest BCUT2D eigenvalue weighted by Gasteiger charge is -2.29. The second-order valence-electron chi connectivity index (χ2n) is 9.61. The number of carbonyl (C=O) groups excluding carboxylic acids is 2. The van der Waals surface area contributed by atoms with Gasteiger partial charge in [-0.25, -0.2) is 0 Å². The minimum absolute atomic E-state index is 0.00862. The highest BCUT2D eigenvalue weighted by molar-refractivity contribution is 6.46. The van der Waals surface area contributed by atoms with Gasteiger partial charge >= 0.3 is 0 Å². The number of hydrogen-bond acceptors (Lipinski definition) is 8. The zero-order chi connectivity index (χ0) is 26.1. The Morgan fingerprint density at radius 3 is 2.68 bits per heavy atom. The highest BCUT2D eigenvalue weighted by atomic mass is 16.6. The number of Topliss-reactive ketones (excluding diaryl/α,β-unsaturated/α-hetero) is 1. The number of nitrogens with zero attached hydrogens (tertiary/aromatic N) is 3. The molecule has 0 radical (unpaired) electrons. The van der Waals surface area contributed by atoms with E-state index in [0.29, 0.717) is 37.2 Å². The molecule has 0 aromatic heterocycles. The molecule has 2 atom stereocenters. The Morgan fingerprint density at radius 1 is 1.14 bits per heavy atom. The van der Waals surface area contributed by atoms with E-state index in [0.717, 1.165) is 30.9 Å². The van der Waals surface area contributed by atoms with Crippen molar-refractivity contribution in [2.75, 3.05) is 39.4 Å². The third-order valence-corrected chi connectivity index (χ3v) is 7.08. The van der Waals surface area contributed by atoms with Gasteiger partial charge in [-0.1, -0.05) is 12.1 Å². The van der Waals surface area contributed by atoms with Crippen molar-refractivity contribution in [2.24, 2.45) is 0 Å². The fourth-order valence-electron chi connectivity index (χ4n) is 5.28. The number of likely N-dealkylation sites (tertiary alicyclic amines) is 1. The van der Waals surface area contributed by atoms with Crippen LogP contribution in [0.25, 0.3) is 5.76 Å². The van der Waals surface area contributed by atoms with Gasteiger partial charge in [0.05, 0.1) is 29.8 Å². The minimum atomic E-state index is -0.937. The lowest BCUT2D eigenvalue weighted by atomic mass is 9.94. The van der Waals surface area contributed by atoms with Gasteiger partial charge in [-0.2, -0.15) is 0 Å². The molecule has 0 spiro atoms. The monoisotopic (exact) mass is 507 g/mol. The molecule has 2 fully saturated rings. The third-order valence-electron chi connectivity index (χ3n) is 7.08. The van der Waals surface area contributed by atoms with Crippen molar-refractivity contribution in [2.45, 2.75) is 31.9 Å². The van der Waals surface area contributed by atoms with Crippen LogP contribution < -0.4 is 4.74 Å². The standard InChI is InChI=1S/C27H29N3O7/c1-17-14-20-15-19(6-7-22(20)37-17)25(31)23-24(18-4-2-5-21(16-18)30(34)35)29(27(33)26(23)32)9-3-8-28-10-12-36-13-11-28/h2,4-7,15-17,24,31H,3,8-14H2,1H3. The number of non-ortho nitro benzene ring substituents is 1. The summed E-state index contributed by atoms with van der Waals surface area (Å²) in [4.78, 5) is 41.1. The molecule has 3 aliphatic rings. The summed E-state index contributed by atoms with van der Waals surface area (Å²) in [5.41, 5.74) is 1.49. The number of nitro groups is 1. The third kappa shape index (κ3) is 4.94. The van der Waals surface area contributed by atoms with Crippen molar-refractivity contribution in [1.82, 2.24) is 9.80 Å². The molecule has 5 rings (SSSR count). The van der Waals surface area contributed by atoms with E-state index in [-0.39, 0.29) is 29.7 Å². The van der Waals surface area contributed by atoms with Gasteiger partial charge in [-0.15, -0.1) is 0 Å². The first-order valence-corrected chi connectivity index (χ1v) is 12.5. The number of benzene rings is 2. The van der Waals surface area contributed by atoms with Crippen LogP contribution in [0.1, 0.15) is 36.1 Å². The number of amides is 1. The molecule has 0 aliphatic carbocycles. The van der Waals surface area contributed by atoms with Gasteiger partial charge in [0.2, 0.25) is 0 Å². The molecule has 37 heavy (non-hydrogen) atoms. The topological polar surface area (TPSA) is 122 Å². The Balaban J connectivity index is 1.51. The molecule has 2 aromatic rings. The average molecular weight is 508 g/mol. The molecule has 0 saturated carbocycles. The average Bonchev–Trinajstić information content (AvgIpc) is 3.40. The molecule has 0 bridgehead atoms. The molecule has 194 valence electrons. The predicted molar refractivity (Wildman–Crippen MR) is 134 cm³/mol. The van der Waals surface area contributed by atoms with E-state index in [4.69, 9.17) is 9.47 Å². The first-order valence-electron chi connectivity index (χ1n) is 12.5. The first kappa shape index (κ1) is 24.9. The highest BCUT2D eigenvalue weighted by Crippen LogP contribution is 2.41. The van der Waals surface area contributed by atoms with Crippen molar-refractivity contribution >= 4 is 23.1 Å². The van der Waals surface area contributed by atoms with Crippen LogP contribution in [0, 0.1) is 10.1 Å². The van der Waals surface area contributed by atoms with Crippen LogP contribution in [0.3, 0.4) is 0 Å². The van der Waals surface area contributed by atoms with Crippen LogP contribution >= 0.6 is 0 Å². The smallest absolute Gasteiger partial charge is 0.295 e. The Labute approximate surface area is 214 Å². The number of ketones is 1. The Morgan fingerprint density at radius 2 is 1.92 bits per heavy atom. The van der Waals surface area contributed by atoms with Crippen LogP contribution in [0.4, 0.5) is 5.69 Å². The van der Waals surface area contributed by atoms with Gasteiger partial charge in [-0.3, -0.25) is 24.6 Å². The quantitative estimate of drug-likeness (QED) is 0.200. The van der Waals surface area contributed by atoms with Gasteiger partial charge in [-0.05, 0) is 42.7 Å². The minimum Gasteiger partial charge on any atom is -0.507 e. The molecular formula is C27H29N3O7. The summed E-state index contributed by atoms with van der Waals surface area (Å²) >= 11 is 0. The number of nitro benzene ring substituents is 1. The van der Waals surface area contributed by atoms with Crippen LogP contribution in [0.15, 0.2) is 48.0 Å². The molecule has 10 nitrogen and oxygen atoms in total. The summed E-state index contributed by atoms with van der Waals surface area (Å²) in [5, 5.41) is 22.8. The lowest BCUT2D eigenvalue weighted by Crippen LogP contribution is -2.39. The second-order valence-corrected chi connectivity index (χ2v) is 9.61. The van der Waals surface area contributed by atoms with E-state index in [2.05, 4.69) is 4.90 Å². The summed E-state index contributed by atoms with van der Waals surface area (Å²) in [5.74, 6) is -1.10.